The van der Waals surface area contributed by atoms with Gasteiger partial charge in [-0.15, -0.1) is 0 Å². The van der Waals surface area contributed by atoms with Crippen LogP contribution in [-0.2, 0) is 23.9 Å². The van der Waals surface area contributed by atoms with Crippen LogP contribution >= 0.6 is 0 Å². The van der Waals surface area contributed by atoms with E-state index in [1.807, 2.05) is 53.6 Å². The lowest BCUT2D eigenvalue weighted by Gasteiger charge is -2.30. The Hall–Kier alpha value is -3.12. The maximum absolute atomic E-state index is 12.7. The second kappa shape index (κ2) is 7.29. The molecule has 2 fully saturated rings. The van der Waals surface area contributed by atoms with Gasteiger partial charge in [0.2, 0.25) is 0 Å². The van der Waals surface area contributed by atoms with Crippen molar-refractivity contribution < 1.29 is 23.9 Å². The summed E-state index contributed by atoms with van der Waals surface area (Å²) in [5, 5.41) is 1.94. The largest absolute Gasteiger partial charge is 0.466 e. The van der Waals surface area contributed by atoms with E-state index >= 15 is 0 Å². The number of fused-ring (bicyclic) bond motifs is 5. The van der Waals surface area contributed by atoms with Gasteiger partial charge in [-0.2, -0.15) is 0 Å². The summed E-state index contributed by atoms with van der Waals surface area (Å²) >= 11 is 0. The van der Waals surface area contributed by atoms with E-state index in [4.69, 9.17) is 14.3 Å². The standard InChI is InChI=1S/C24H23NO5/c1-28-23(26)18-16-13-17(19(18)24(27)29-2)22-20(16)21(14-9-5-3-6-10-14)25(30-22)15-11-7-4-8-12-15/h3-12,16-17,20-22H,13H2,1-2H3/t16-,17-,20+,21-,22+/m1/s1. The molecule has 0 spiro atoms. The van der Waals surface area contributed by atoms with Crippen molar-refractivity contribution in [3.8, 4) is 0 Å². The minimum absolute atomic E-state index is 0.0279. The minimum Gasteiger partial charge on any atom is -0.466 e. The summed E-state index contributed by atoms with van der Waals surface area (Å²) in [7, 11) is 2.69. The quantitative estimate of drug-likeness (QED) is 0.726. The molecule has 0 N–H and O–H groups in total. The first-order valence-electron chi connectivity index (χ1n) is 10.1. The number of anilines is 1. The molecule has 1 saturated heterocycles. The highest BCUT2D eigenvalue weighted by Gasteiger charge is 2.64. The van der Waals surface area contributed by atoms with E-state index < -0.39 is 11.9 Å². The van der Waals surface area contributed by atoms with E-state index in [0.29, 0.717) is 17.6 Å². The molecule has 3 aliphatic rings. The molecule has 0 radical (unpaired) electrons. The van der Waals surface area contributed by atoms with Crippen molar-refractivity contribution in [3.63, 3.8) is 0 Å². The van der Waals surface area contributed by atoms with Crippen LogP contribution in [0.1, 0.15) is 18.0 Å². The lowest BCUT2D eigenvalue weighted by molar-refractivity contribution is -0.140. The molecule has 2 aliphatic carbocycles. The van der Waals surface area contributed by atoms with Gasteiger partial charge in [-0.1, -0.05) is 48.5 Å². The van der Waals surface area contributed by atoms with Crippen LogP contribution in [0.25, 0.3) is 0 Å². The summed E-state index contributed by atoms with van der Waals surface area (Å²) in [6.07, 6.45) is 0.485. The fourth-order valence-electron chi connectivity index (χ4n) is 5.50. The Morgan fingerprint density at radius 1 is 0.867 bits per heavy atom. The maximum atomic E-state index is 12.7. The number of benzene rings is 2. The smallest absolute Gasteiger partial charge is 0.334 e. The second-order valence-electron chi connectivity index (χ2n) is 7.92. The van der Waals surface area contributed by atoms with Gasteiger partial charge in [0.25, 0.3) is 0 Å². The van der Waals surface area contributed by atoms with Gasteiger partial charge >= 0.3 is 11.9 Å². The summed E-state index contributed by atoms with van der Waals surface area (Å²) in [4.78, 5) is 31.7. The van der Waals surface area contributed by atoms with E-state index in [9.17, 15) is 9.59 Å². The van der Waals surface area contributed by atoms with Gasteiger partial charge in [-0.05, 0) is 24.1 Å². The summed E-state index contributed by atoms with van der Waals surface area (Å²) in [5.74, 6) is -1.22. The SMILES string of the molecule is COC(=O)C1=C(C(=O)OC)[C@H]2C[C@H]1[C@@H]1ON(c3ccccc3)[C@H](c3ccccc3)[C@@H]12. The Labute approximate surface area is 175 Å². The number of esters is 2. The Bertz CT molecular complexity index is 1000. The van der Waals surface area contributed by atoms with Crippen LogP contribution in [-0.4, -0.2) is 32.3 Å². The molecule has 2 aromatic rings. The molecule has 6 nitrogen and oxygen atoms in total. The van der Waals surface area contributed by atoms with Crippen molar-refractivity contribution in [1.29, 1.82) is 0 Å². The fraction of sp³-hybridized carbons (Fsp3) is 0.333. The third kappa shape index (κ3) is 2.67. The lowest BCUT2D eigenvalue weighted by atomic mass is 9.76. The first-order chi connectivity index (χ1) is 14.7. The number of rotatable bonds is 4. The van der Waals surface area contributed by atoms with Crippen molar-refractivity contribution in [2.24, 2.45) is 17.8 Å². The van der Waals surface area contributed by atoms with E-state index in [0.717, 1.165) is 11.3 Å². The summed E-state index contributed by atoms with van der Waals surface area (Å²) in [6.45, 7) is 0. The van der Waals surface area contributed by atoms with Gasteiger partial charge in [0.1, 0.15) is 0 Å². The van der Waals surface area contributed by atoms with Crippen LogP contribution in [0.5, 0.6) is 0 Å². The Balaban J connectivity index is 1.62. The highest BCUT2D eigenvalue weighted by Crippen LogP contribution is 2.62. The van der Waals surface area contributed by atoms with Gasteiger partial charge in [0.15, 0.2) is 0 Å². The molecule has 0 amide bonds. The van der Waals surface area contributed by atoms with E-state index in [-0.39, 0.29) is 29.9 Å². The topological polar surface area (TPSA) is 65.1 Å². The molecule has 0 unspecified atom stereocenters. The van der Waals surface area contributed by atoms with Gasteiger partial charge in [0, 0.05) is 17.8 Å². The molecule has 1 saturated carbocycles. The van der Waals surface area contributed by atoms with Gasteiger partial charge in [-0.25, -0.2) is 14.7 Å². The number of methoxy groups -OCH3 is 2. The number of para-hydroxylation sites is 1. The number of ether oxygens (including phenoxy) is 2. The minimum atomic E-state index is -0.473. The molecule has 5 rings (SSSR count). The van der Waals surface area contributed by atoms with Crippen LogP contribution in [0.4, 0.5) is 5.69 Å². The zero-order valence-electron chi connectivity index (χ0n) is 16.9. The molecule has 30 heavy (non-hydrogen) atoms. The predicted octanol–water partition coefficient (Wildman–Crippen LogP) is 3.46. The van der Waals surface area contributed by atoms with Crippen LogP contribution in [0, 0.1) is 17.8 Å². The highest BCUT2D eigenvalue weighted by molar-refractivity contribution is 6.02. The normalized spacial score (nSPS) is 29.1. The first kappa shape index (κ1) is 18.9. The molecule has 154 valence electrons. The predicted molar refractivity (Wildman–Crippen MR) is 109 cm³/mol. The molecular formula is C24H23NO5. The average molecular weight is 405 g/mol. The molecule has 2 aromatic carbocycles. The van der Waals surface area contributed by atoms with Gasteiger partial charge in [0.05, 0.1) is 43.2 Å². The fourth-order valence-corrected chi connectivity index (χ4v) is 5.50. The number of hydroxylamine groups is 1. The molecule has 5 atom stereocenters. The maximum Gasteiger partial charge on any atom is 0.334 e. The number of nitrogens with zero attached hydrogens (tertiary/aromatic N) is 1. The highest BCUT2D eigenvalue weighted by atomic mass is 16.7. The third-order valence-electron chi connectivity index (χ3n) is 6.60. The summed E-state index contributed by atoms with van der Waals surface area (Å²) in [5.41, 5.74) is 2.93. The van der Waals surface area contributed by atoms with Crippen LogP contribution in [0.2, 0.25) is 0 Å². The number of hydrogen-bond acceptors (Lipinski definition) is 6. The van der Waals surface area contributed by atoms with E-state index in [1.54, 1.807) is 0 Å². The van der Waals surface area contributed by atoms with Crippen molar-refractivity contribution in [1.82, 2.24) is 0 Å². The van der Waals surface area contributed by atoms with Crippen LogP contribution in [0.3, 0.4) is 0 Å². The Morgan fingerprint density at radius 2 is 1.43 bits per heavy atom. The zero-order valence-corrected chi connectivity index (χ0v) is 16.9. The lowest BCUT2D eigenvalue weighted by Crippen LogP contribution is -2.34. The van der Waals surface area contributed by atoms with Crippen molar-refractivity contribution in [2.75, 3.05) is 19.3 Å². The third-order valence-corrected chi connectivity index (χ3v) is 6.60. The number of carbonyl (C=O) groups excluding carboxylic acids is 2. The van der Waals surface area contributed by atoms with E-state index in [2.05, 4.69) is 12.1 Å². The zero-order chi connectivity index (χ0) is 20.8. The van der Waals surface area contributed by atoms with Crippen molar-refractivity contribution >= 4 is 17.6 Å². The molecule has 6 heteroatoms. The van der Waals surface area contributed by atoms with Gasteiger partial charge < -0.3 is 9.47 Å². The first-order valence-corrected chi connectivity index (χ1v) is 10.1. The van der Waals surface area contributed by atoms with Crippen molar-refractivity contribution in [2.45, 2.75) is 18.6 Å². The Kier molecular flexibility index (Phi) is 4.59. The monoisotopic (exact) mass is 405 g/mol. The molecule has 2 bridgehead atoms. The molecule has 1 aliphatic heterocycles. The van der Waals surface area contributed by atoms with Crippen molar-refractivity contribution in [3.05, 3.63) is 77.4 Å². The number of hydrogen-bond donors (Lipinski definition) is 0. The summed E-state index contributed by atoms with van der Waals surface area (Å²) in [6, 6.07) is 20.0. The van der Waals surface area contributed by atoms with Crippen LogP contribution < -0.4 is 5.06 Å². The summed E-state index contributed by atoms with van der Waals surface area (Å²) < 4.78 is 10.1. The van der Waals surface area contributed by atoms with Crippen LogP contribution in [0.15, 0.2) is 71.8 Å². The number of carbonyl (C=O) groups is 2. The molecule has 1 heterocycles. The molecular weight excluding hydrogens is 382 g/mol. The average Bonchev–Trinajstić information content (AvgIpc) is 3.48. The second-order valence-corrected chi connectivity index (χ2v) is 7.92. The van der Waals surface area contributed by atoms with Gasteiger partial charge in [-0.3, -0.25) is 4.84 Å². The van der Waals surface area contributed by atoms with E-state index in [1.165, 1.54) is 14.2 Å². The molecule has 0 aromatic heterocycles. The Morgan fingerprint density at radius 3 is 2.03 bits per heavy atom.